The number of rotatable bonds is 4. The second-order valence-corrected chi connectivity index (χ2v) is 4.88. The molecule has 1 N–H and O–H groups in total. The SMILES string of the molecule is N#C/C(=C/Nc1ccc(Cl)cc1)C(=O)c1ccsc1. The van der Waals surface area contributed by atoms with E-state index in [2.05, 4.69) is 5.32 Å². The van der Waals surface area contributed by atoms with E-state index in [0.717, 1.165) is 5.69 Å². The molecule has 19 heavy (non-hydrogen) atoms. The number of carbonyl (C=O) groups is 1. The molecule has 0 bridgehead atoms. The molecule has 3 nitrogen and oxygen atoms in total. The molecule has 0 aliphatic rings. The Balaban J connectivity index is 2.14. The second kappa shape index (κ2) is 6.19. The highest BCUT2D eigenvalue weighted by Crippen LogP contribution is 2.15. The van der Waals surface area contributed by atoms with Gasteiger partial charge in [0.25, 0.3) is 0 Å². The molecule has 2 rings (SSSR count). The lowest BCUT2D eigenvalue weighted by molar-refractivity contribution is 0.103. The standard InChI is InChI=1S/C14H9ClN2OS/c15-12-1-3-13(4-2-12)17-8-11(7-16)14(18)10-5-6-19-9-10/h1-6,8-9,17H/b11-8-. The molecule has 5 heteroatoms. The molecule has 94 valence electrons. The number of Topliss-reactive ketones (excluding diaryl/α,β-unsaturated/α-hetero) is 1. The number of halogens is 1. The Hall–Kier alpha value is -2.09. The molecule has 0 spiro atoms. The number of carbonyl (C=O) groups excluding carboxylic acids is 1. The molecule has 1 aromatic heterocycles. The van der Waals surface area contributed by atoms with Gasteiger partial charge in [-0.2, -0.15) is 16.6 Å². The minimum Gasteiger partial charge on any atom is -0.360 e. The normalized spacial score (nSPS) is 10.8. The van der Waals surface area contributed by atoms with Gasteiger partial charge in [0.1, 0.15) is 11.6 Å². The van der Waals surface area contributed by atoms with Crippen molar-refractivity contribution in [1.82, 2.24) is 0 Å². The molecular weight excluding hydrogens is 280 g/mol. The van der Waals surface area contributed by atoms with Gasteiger partial charge in [0.2, 0.25) is 5.78 Å². The van der Waals surface area contributed by atoms with Crippen LogP contribution in [0.5, 0.6) is 0 Å². The van der Waals surface area contributed by atoms with E-state index in [1.165, 1.54) is 17.5 Å². The van der Waals surface area contributed by atoms with Gasteiger partial charge >= 0.3 is 0 Å². The minimum absolute atomic E-state index is 0.0633. The Morgan fingerprint density at radius 3 is 2.63 bits per heavy atom. The van der Waals surface area contributed by atoms with Crippen LogP contribution in [-0.2, 0) is 0 Å². The monoisotopic (exact) mass is 288 g/mol. The van der Waals surface area contributed by atoms with Gasteiger partial charge in [-0.05, 0) is 35.7 Å². The Morgan fingerprint density at radius 1 is 1.32 bits per heavy atom. The van der Waals surface area contributed by atoms with Gasteiger partial charge in [0.05, 0.1) is 0 Å². The van der Waals surface area contributed by atoms with Crippen LogP contribution in [0.2, 0.25) is 5.02 Å². The summed E-state index contributed by atoms with van der Waals surface area (Å²) in [5.41, 5.74) is 1.35. The maximum absolute atomic E-state index is 12.0. The van der Waals surface area contributed by atoms with E-state index < -0.39 is 0 Å². The van der Waals surface area contributed by atoms with Gasteiger partial charge in [-0.25, -0.2) is 0 Å². The van der Waals surface area contributed by atoms with Gasteiger partial charge in [-0.3, -0.25) is 4.79 Å². The van der Waals surface area contributed by atoms with Crippen LogP contribution in [0.4, 0.5) is 5.69 Å². The van der Waals surface area contributed by atoms with Gasteiger partial charge in [0.15, 0.2) is 0 Å². The largest absolute Gasteiger partial charge is 0.360 e. The number of hydrogen-bond acceptors (Lipinski definition) is 4. The molecule has 0 unspecified atom stereocenters. The van der Waals surface area contributed by atoms with Crippen LogP contribution in [0, 0.1) is 11.3 Å². The number of nitriles is 1. The lowest BCUT2D eigenvalue weighted by Gasteiger charge is -2.01. The number of nitrogens with zero attached hydrogens (tertiary/aromatic N) is 1. The topological polar surface area (TPSA) is 52.9 Å². The zero-order valence-corrected chi connectivity index (χ0v) is 11.3. The van der Waals surface area contributed by atoms with Crippen molar-refractivity contribution in [3.05, 3.63) is 63.5 Å². The van der Waals surface area contributed by atoms with Crippen LogP contribution in [0.1, 0.15) is 10.4 Å². The molecule has 0 saturated heterocycles. The summed E-state index contributed by atoms with van der Waals surface area (Å²) in [6.07, 6.45) is 1.41. The van der Waals surface area contributed by atoms with E-state index in [1.54, 1.807) is 41.1 Å². The maximum atomic E-state index is 12.0. The number of hydrogen-bond donors (Lipinski definition) is 1. The highest BCUT2D eigenvalue weighted by Gasteiger charge is 2.11. The maximum Gasteiger partial charge on any atom is 0.205 e. The number of allylic oxidation sites excluding steroid dienone is 1. The summed E-state index contributed by atoms with van der Waals surface area (Å²) in [6.45, 7) is 0. The summed E-state index contributed by atoms with van der Waals surface area (Å²) < 4.78 is 0. The van der Waals surface area contributed by atoms with Crippen LogP contribution >= 0.6 is 22.9 Å². The smallest absolute Gasteiger partial charge is 0.205 e. The van der Waals surface area contributed by atoms with Crippen molar-refractivity contribution in [3.63, 3.8) is 0 Å². The van der Waals surface area contributed by atoms with Crippen molar-refractivity contribution in [3.8, 4) is 6.07 Å². The average Bonchev–Trinajstić information content (AvgIpc) is 2.95. The lowest BCUT2D eigenvalue weighted by atomic mass is 10.1. The average molecular weight is 289 g/mol. The summed E-state index contributed by atoms with van der Waals surface area (Å²) in [5.74, 6) is -0.287. The van der Waals surface area contributed by atoms with Crippen LogP contribution in [-0.4, -0.2) is 5.78 Å². The van der Waals surface area contributed by atoms with E-state index in [1.807, 2.05) is 6.07 Å². The number of anilines is 1. The molecule has 1 aromatic carbocycles. The molecule has 0 radical (unpaired) electrons. The van der Waals surface area contributed by atoms with Crippen LogP contribution in [0.25, 0.3) is 0 Å². The van der Waals surface area contributed by atoms with Crippen molar-refractivity contribution in [2.75, 3.05) is 5.32 Å². The molecule has 2 aromatic rings. The Kier molecular flexibility index (Phi) is 4.35. The predicted octanol–water partition coefficient (Wildman–Crippen LogP) is 4.10. The van der Waals surface area contributed by atoms with Crippen LogP contribution in [0.3, 0.4) is 0 Å². The number of ketones is 1. The van der Waals surface area contributed by atoms with Crippen molar-refractivity contribution < 1.29 is 4.79 Å². The van der Waals surface area contributed by atoms with Gasteiger partial charge in [0, 0.05) is 27.9 Å². The molecular formula is C14H9ClN2OS. The first-order valence-electron chi connectivity index (χ1n) is 5.40. The predicted molar refractivity (Wildman–Crippen MR) is 77.4 cm³/mol. The zero-order chi connectivity index (χ0) is 13.7. The fraction of sp³-hybridized carbons (Fsp3) is 0. The van der Waals surface area contributed by atoms with Crippen molar-refractivity contribution >= 4 is 34.4 Å². The van der Waals surface area contributed by atoms with Gasteiger partial charge in [-0.1, -0.05) is 11.6 Å². The third-order valence-electron chi connectivity index (χ3n) is 2.38. The molecule has 0 fully saturated rings. The van der Waals surface area contributed by atoms with E-state index in [9.17, 15) is 4.79 Å². The molecule has 0 aliphatic carbocycles. The fourth-order valence-corrected chi connectivity index (χ4v) is 2.16. The summed E-state index contributed by atoms with van der Waals surface area (Å²) in [7, 11) is 0. The summed E-state index contributed by atoms with van der Waals surface area (Å²) >= 11 is 7.19. The van der Waals surface area contributed by atoms with Crippen molar-refractivity contribution in [2.24, 2.45) is 0 Å². The third kappa shape index (κ3) is 3.44. The van der Waals surface area contributed by atoms with Gasteiger partial charge < -0.3 is 5.32 Å². The third-order valence-corrected chi connectivity index (χ3v) is 3.31. The quantitative estimate of drug-likeness (QED) is 0.523. The first-order chi connectivity index (χ1) is 9.20. The van der Waals surface area contributed by atoms with E-state index >= 15 is 0 Å². The van der Waals surface area contributed by atoms with E-state index in [-0.39, 0.29) is 11.4 Å². The fourth-order valence-electron chi connectivity index (χ4n) is 1.40. The Labute approximate surface area is 119 Å². The summed E-state index contributed by atoms with van der Waals surface area (Å²) in [6, 6.07) is 10.6. The molecule has 0 amide bonds. The highest BCUT2D eigenvalue weighted by atomic mass is 35.5. The highest BCUT2D eigenvalue weighted by molar-refractivity contribution is 7.08. The molecule has 0 atom stereocenters. The summed E-state index contributed by atoms with van der Waals surface area (Å²) in [5, 5.41) is 16.1. The van der Waals surface area contributed by atoms with Crippen LogP contribution in [0.15, 0.2) is 52.9 Å². The first kappa shape index (κ1) is 13.3. The number of thiophene rings is 1. The van der Waals surface area contributed by atoms with E-state index in [0.29, 0.717) is 10.6 Å². The zero-order valence-electron chi connectivity index (χ0n) is 9.76. The Bertz CT molecular complexity index is 639. The van der Waals surface area contributed by atoms with E-state index in [4.69, 9.17) is 16.9 Å². The minimum atomic E-state index is -0.287. The second-order valence-electron chi connectivity index (χ2n) is 3.66. The Morgan fingerprint density at radius 2 is 2.05 bits per heavy atom. The van der Waals surface area contributed by atoms with Crippen molar-refractivity contribution in [2.45, 2.75) is 0 Å². The molecule has 0 saturated carbocycles. The summed E-state index contributed by atoms with van der Waals surface area (Å²) in [4.78, 5) is 12.0. The molecule has 1 heterocycles. The lowest BCUT2D eigenvalue weighted by Crippen LogP contribution is -2.02. The van der Waals surface area contributed by atoms with Crippen molar-refractivity contribution in [1.29, 1.82) is 5.26 Å². The van der Waals surface area contributed by atoms with Crippen LogP contribution < -0.4 is 5.32 Å². The first-order valence-corrected chi connectivity index (χ1v) is 6.72. The number of nitrogens with one attached hydrogen (secondary N) is 1. The molecule has 0 aliphatic heterocycles. The van der Waals surface area contributed by atoms with Gasteiger partial charge in [-0.15, -0.1) is 0 Å². The number of benzene rings is 1.